The topological polar surface area (TPSA) is 65.2 Å². The van der Waals surface area contributed by atoms with E-state index in [2.05, 4.69) is 14.9 Å². The molecule has 0 N–H and O–H groups in total. The molecule has 3 aromatic heterocycles. The van der Waals surface area contributed by atoms with E-state index in [1.54, 1.807) is 46.8 Å². The number of nitrogens with zero attached hydrogens (tertiary/aromatic N) is 5. The molecule has 0 bridgehead atoms. The Bertz CT molecular complexity index is 1320. The zero-order valence-corrected chi connectivity index (χ0v) is 19.1. The van der Waals surface area contributed by atoms with Crippen molar-refractivity contribution in [3.05, 3.63) is 53.0 Å². The zero-order valence-electron chi connectivity index (χ0n) is 19.1. The van der Waals surface area contributed by atoms with E-state index < -0.39 is 0 Å². The van der Waals surface area contributed by atoms with Crippen LogP contribution in [0.5, 0.6) is 5.88 Å². The number of aromatic nitrogens is 4. The number of pyridine rings is 2. The first-order chi connectivity index (χ1) is 15.3. The van der Waals surface area contributed by atoms with Gasteiger partial charge in [0.1, 0.15) is 5.82 Å². The van der Waals surface area contributed by atoms with Crippen molar-refractivity contribution in [3.8, 4) is 17.0 Å². The molecule has 0 spiro atoms. The van der Waals surface area contributed by atoms with Gasteiger partial charge >= 0.3 is 5.69 Å². The number of imidazole rings is 1. The third-order valence-electron chi connectivity index (χ3n) is 5.57. The fourth-order valence-electron chi connectivity index (χ4n) is 3.93. The van der Waals surface area contributed by atoms with Gasteiger partial charge in [-0.05, 0) is 46.5 Å². The number of aryl methyl sites for hydroxylation is 1. The van der Waals surface area contributed by atoms with Crippen molar-refractivity contribution in [2.45, 2.75) is 26.3 Å². The molecule has 0 radical (unpaired) electrons. The fraction of sp³-hybridized carbons (Fsp3) is 0.375. The zero-order chi connectivity index (χ0) is 23.0. The summed E-state index contributed by atoms with van der Waals surface area (Å²) < 4.78 is 24.0. The number of hydrogen-bond acceptors (Lipinski definition) is 5. The number of rotatable bonds is 7. The lowest BCUT2D eigenvalue weighted by atomic mass is 10.0. The molecule has 0 atom stereocenters. The maximum Gasteiger partial charge on any atom is 0.329 e. The van der Waals surface area contributed by atoms with Crippen LogP contribution in [0, 0.1) is 5.82 Å². The molecule has 4 rings (SSSR count). The van der Waals surface area contributed by atoms with Gasteiger partial charge in [0.2, 0.25) is 5.88 Å². The summed E-state index contributed by atoms with van der Waals surface area (Å²) in [5.74, 6) is 0.120. The molecule has 0 fully saturated rings. The molecule has 0 aliphatic rings. The predicted octanol–water partition coefficient (Wildman–Crippen LogP) is 4.00. The van der Waals surface area contributed by atoms with Crippen LogP contribution in [0.25, 0.3) is 33.1 Å². The Kier molecular flexibility index (Phi) is 5.97. The first kappa shape index (κ1) is 22.0. The monoisotopic (exact) mass is 437 g/mol. The number of hydrogen-bond donors (Lipinski definition) is 0. The second kappa shape index (κ2) is 8.70. The minimum Gasteiger partial charge on any atom is -0.478 e. The number of ether oxygens (including phenoxy) is 1. The van der Waals surface area contributed by atoms with E-state index in [0.717, 1.165) is 23.9 Å². The van der Waals surface area contributed by atoms with Crippen LogP contribution in [0.15, 0.2) is 41.5 Å². The second-order valence-corrected chi connectivity index (χ2v) is 8.54. The van der Waals surface area contributed by atoms with E-state index in [9.17, 15) is 9.18 Å². The maximum absolute atomic E-state index is 15.0. The van der Waals surface area contributed by atoms with Gasteiger partial charge in [0.05, 0.1) is 29.4 Å². The van der Waals surface area contributed by atoms with Gasteiger partial charge in [0.25, 0.3) is 0 Å². The number of fused-ring (bicyclic) bond motifs is 3. The van der Waals surface area contributed by atoms with Crippen molar-refractivity contribution in [1.29, 1.82) is 0 Å². The molecule has 168 valence electrons. The molecule has 0 aliphatic heterocycles. The molecule has 4 aromatic rings. The quantitative estimate of drug-likeness (QED) is 0.409. The first-order valence-electron chi connectivity index (χ1n) is 10.7. The fourth-order valence-corrected chi connectivity index (χ4v) is 3.93. The summed E-state index contributed by atoms with van der Waals surface area (Å²) >= 11 is 0. The SMILES string of the molecule is CC(C)n1c(=O)n(C)c2cnc3cc(F)c(-c4ccc(OCCCN(C)C)nc4)cc3c21. The van der Waals surface area contributed by atoms with Crippen LogP contribution in [0.4, 0.5) is 4.39 Å². The van der Waals surface area contributed by atoms with Crippen LogP contribution < -0.4 is 10.4 Å². The van der Waals surface area contributed by atoms with Gasteiger partial charge in [-0.2, -0.15) is 0 Å². The molecule has 1 aromatic carbocycles. The van der Waals surface area contributed by atoms with Gasteiger partial charge in [0.15, 0.2) is 0 Å². The summed E-state index contributed by atoms with van der Waals surface area (Å²) in [4.78, 5) is 23.6. The van der Waals surface area contributed by atoms with Gasteiger partial charge in [-0.1, -0.05) is 0 Å². The normalized spacial score (nSPS) is 11.9. The van der Waals surface area contributed by atoms with E-state index in [0.29, 0.717) is 34.6 Å². The minimum absolute atomic E-state index is 0.0455. The largest absolute Gasteiger partial charge is 0.478 e. The molecule has 3 heterocycles. The third-order valence-corrected chi connectivity index (χ3v) is 5.57. The average Bonchev–Trinajstić information content (AvgIpc) is 3.02. The Hall–Kier alpha value is -3.26. The van der Waals surface area contributed by atoms with Gasteiger partial charge < -0.3 is 9.64 Å². The molecule has 0 amide bonds. The van der Waals surface area contributed by atoms with E-state index in [1.807, 2.05) is 27.9 Å². The Morgan fingerprint density at radius 2 is 1.94 bits per heavy atom. The van der Waals surface area contributed by atoms with E-state index in [-0.39, 0.29) is 17.5 Å². The first-order valence-corrected chi connectivity index (χ1v) is 10.7. The average molecular weight is 438 g/mol. The minimum atomic E-state index is -0.389. The summed E-state index contributed by atoms with van der Waals surface area (Å²) in [6.45, 7) is 5.42. The summed E-state index contributed by atoms with van der Waals surface area (Å²) in [5, 5.41) is 0.731. The lowest BCUT2D eigenvalue weighted by molar-refractivity contribution is 0.273. The summed E-state index contributed by atoms with van der Waals surface area (Å²) in [6, 6.07) is 6.67. The molecule has 0 aliphatic carbocycles. The number of benzene rings is 1. The Morgan fingerprint density at radius 1 is 1.16 bits per heavy atom. The van der Waals surface area contributed by atoms with E-state index in [4.69, 9.17) is 4.74 Å². The van der Waals surface area contributed by atoms with E-state index in [1.165, 1.54) is 6.07 Å². The predicted molar refractivity (Wildman–Crippen MR) is 125 cm³/mol. The number of halogens is 1. The van der Waals surface area contributed by atoms with Crippen molar-refractivity contribution in [3.63, 3.8) is 0 Å². The van der Waals surface area contributed by atoms with Crippen molar-refractivity contribution in [1.82, 2.24) is 24.0 Å². The van der Waals surface area contributed by atoms with Gasteiger partial charge in [-0.3, -0.25) is 14.1 Å². The third kappa shape index (κ3) is 3.98. The summed E-state index contributed by atoms with van der Waals surface area (Å²) in [5.41, 5.74) is 2.91. The highest BCUT2D eigenvalue weighted by Gasteiger charge is 2.18. The van der Waals surface area contributed by atoms with Crippen LogP contribution in [-0.2, 0) is 7.05 Å². The highest BCUT2D eigenvalue weighted by Crippen LogP contribution is 2.32. The smallest absolute Gasteiger partial charge is 0.329 e. The standard InChI is InChI=1S/C24H28FN5O2/c1-15(2)30-23-18-11-17(16-7-8-22(27-13-16)32-10-6-9-28(3)4)19(25)12-20(18)26-14-21(23)29(5)24(30)31/h7-8,11-15H,6,9-10H2,1-5H3. The van der Waals surface area contributed by atoms with E-state index >= 15 is 0 Å². The molecular weight excluding hydrogens is 409 g/mol. The highest BCUT2D eigenvalue weighted by molar-refractivity contribution is 6.04. The molecule has 0 saturated carbocycles. The van der Waals surface area contributed by atoms with Crippen LogP contribution >= 0.6 is 0 Å². The van der Waals surface area contributed by atoms with Crippen molar-refractivity contribution >= 4 is 21.9 Å². The molecule has 32 heavy (non-hydrogen) atoms. The molecule has 0 unspecified atom stereocenters. The molecule has 0 saturated heterocycles. The maximum atomic E-state index is 15.0. The summed E-state index contributed by atoms with van der Waals surface area (Å²) in [6.07, 6.45) is 4.13. The van der Waals surface area contributed by atoms with Crippen LogP contribution in [0.3, 0.4) is 0 Å². The van der Waals surface area contributed by atoms with Crippen molar-refractivity contribution in [2.24, 2.45) is 7.05 Å². The Balaban J connectivity index is 1.75. The Morgan fingerprint density at radius 3 is 2.59 bits per heavy atom. The highest BCUT2D eigenvalue weighted by atomic mass is 19.1. The van der Waals surface area contributed by atoms with Gasteiger partial charge in [-0.15, -0.1) is 0 Å². The Labute approximate surface area is 186 Å². The van der Waals surface area contributed by atoms with Gasteiger partial charge in [-0.25, -0.2) is 14.2 Å². The van der Waals surface area contributed by atoms with Gasteiger partial charge in [0, 0.05) is 54.5 Å². The molecule has 7 nitrogen and oxygen atoms in total. The van der Waals surface area contributed by atoms with Crippen LogP contribution in [-0.4, -0.2) is 51.2 Å². The molecule has 8 heteroatoms. The lowest BCUT2D eigenvalue weighted by Crippen LogP contribution is -2.23. The molecular formula is C24H28FN5O2. The van der Waals surface area contributed by atoms with Crippen LogP contribution in [0.1, 0.15) is 26.3 Å². The van der Waals surface area contributed by atoms with Crippen LogP contribution in [0.2, 0.25) is 0 Å². The van der Waals surface area contributed by atoms with Crippen molar-refractivity contribution < 1.29 is 9.13 Å². The van der Waals surface area contributed by atoms with Crippen molar-refractivity contribution in [2.75, 3.05) is 27.2 Å². The second-order valence-electron chi connectivity index (χ2n) is 8.54. The lowest BCUT2D eigenvalue weighted by Gasteiger charge is -2.12. The summed E-state index contributed by atoms with van der Waals surface area (Å²) in [7, 11) is 5.76.